The minimum atomic E-state index is -5.08. The molecule has 190 valence electrons. The number of hydrogen-bond donors (Lipinski definition) is 4. The highest BCUT2D eigenvalue weighted by molar-refractivity contribution is 5.99. The van der Waals surface area contributed by atoms with Crippen molar-refractivity contribution < 1.29 is 50.9 Å². The van der Waals surface area contributed by atoms with E-state index in [1.807, 2.05) is 23.6 Å². The lowest BCUT2D eigenvalue weighted by Crippen LogP contribution is -2.30. The van der Waals surface area contributed by atoms with Gasteiger partial charge in [-0.2, -0.15) is 31.6 Å². The van der Waals surface area contributed by atoms with E-state index in [0.717, 1.165) is 29.2 Å². The van der Waals surface area contributed by atoms with Crippen molar-refractivity contribution >= 4 is 17.8 Å². The maximum Gasteiger partial charge on any atom is 0.490 e. The van der Waals surface area contributed by atoms with Crippen LogP contribution in [0.25, 0.3) is 11.3 Å². The van der Waals surface area contributed by atoms with Gasteiger partial charge in [0, 0.05) is 42.8 Å². The number of hydrogen-bond acceptors (Lipinski definition) is 6. The van der Waals surface area contributed by atoms with Gasteiger partial charge in [0.05, 0.1) is 16.8 Å². The summed E-state index contributed by atoms with van der Waals surface area (Å²) in [5, 5.41) is 27.0. The highest BCUT2D eigenvalue weighted by Gasteiger charge is 2.38. The van der Waals surface area contributed by atoms with Gasteiger partial charge >= 0.3 is 24.3 Å². The van der Waals surface area contributed by atoms with E-state index >= 15 is 0 Å². The largest absolute Gasteiger partial charge is 0.490 e. The predicted molar refractivity (Wildman–Crippen MR) is 105 cm³/mol. The molecular weight excluding hydrogens is 492 g/mol. The first-order valence-corrected chi connectivity index (χ1v) is 9.22. The molecule has 0 saturated heterocycles. The van der Waals surface area contributed by atoms with Crippen molar-refractivity contribution in [1.82, 2.24) is 14.9 Å². The highest BCUT2D eigenvalue weighted by Crippen LogP contribution is 2.33. The van der Waals surface area contributed by atoms with Crippen LogP contribution >= 0.6 is 0 Å². The molecule has 0 atom stereocenters. The standard InChI is InChI=1S/C15H15N5O.2C2HF3O2/c1-9-10(3-2-4-19-9)14-11(7-16)13(15(17)21)12-8-18-5-6-20(12)14;2*3-2(4,5)1(6)7/h2-4,18H,5-6,8H2,1H3,(H2,17,21);2*(H,6,7). The van der Waals surface area contributed by atoms with Crippen molar-refractivity contribution in [2.75, 3.05) is 6.54 Å². The van der Waals surface area contributed by atoms with Gasteiger partial charge in [0.25, 0.3) is 5.91 Å². The Bertz CT molecular complexity index is 1130. The van der Waals surface area contributed by atoms with Crippen LogP contribution in [0.4, 0.5) is 26.3 Å². The van der Waals surface area contributed by atoms with E-state index in [1.165, 1.54) is 0 Å². The predicted octanol–water partition coefficient (Wildman–Crippen LogP) is 2.20. The Kier molecular flexibility index (Phi) is 9.36. The maximum absolute atomic E-state index is 11.8. The third kappa shape index (κ3) is 7.43. The Labute approximate surface area is 192 Å². The van der Waals surface area contributed by atoms with Crippen molar-refractivity contribution in [3.8, 4) is 17.3 Å². The van der Waals surface area contributed by atoms with E-state index in [0.29, 0.717) is 24.2 Å². The number of aromatic nitrogens is 2. The smallest absolute Gasteiger partial charge is 0.475 e. The molecule has 3 rings (SSSR count). The second-order valence-electron chi connectivity index (χ2n) is 6.59. The van der Waals surface area contributed by atoms with Crippen LogP contribution in [-0.4, -0.2) is 56.5 Å². The molecular formula is C19H17F6N5O5. The van der Waals surface area contributed by atoms with E-state index < -0.39 is 30.2 Å². The number of aryl methyl sites for hydroxylation is 1. The van der Waals surface area contributed by atoms with E-state index in [-0.39, 0.29) is 0 Å². The molecule has 1 aliphatic rings. The van der Waals surface area contributed by atoms with Gasteiger partial charge in [-0.3, -0.25) is 9.78 Å². The summed E-state index contributed by atoms with van der Waals surface area (Å²) in [5.74, 6) is -6.08. The molecule has 1 amide bonds. The molecule has 2 aromatic heterocycles. The van der Waals surface area contributed by atoms with Crippen molar-refractivity contribution in [2.45, 2.75) is 32.4 Å². The first kappa shape index (κ1) is 28.9. The molecule has 1 aliphatic heterocycles. The molecule has 16 heteroatoms. The average molecular weight is 509 g/mol. The first-order valence-electron chi connectivity index (χ1n) is 9.22. The Morgan fingerprint density at radius 2 is 1.66 bits per heavy atom. The summed E-state index contributed by atoms with van der Waals surface area (Å²) in [6.45, 7) is 3.91. The zero-order valence-corrected chi connectivity index (χ0v) is 17.7. The fourth-order valence-electron chi connectivity index (χ4n) is 2.88. The number of carbonyl (C=O) groups is 3. The second-order valence-corrected chi connectivity index (χ2v) is 6.59. The maximum atomic E-state index is 11.8. The molecule has 0 unspecified atom stereocenters. The molecule has 0 aliphatic carbocycles. The van der Waals surface area contributed by atoms with Gasteiger partial charge in [-0.25, -0.2) is 9.59 Å². The number of aliphatic carboxylic acids is 2. The van der Waals surface area contributed by atoms with Crippen LogP contribution in [-0.2, 0) is 22.7 Å². The Hall–Kier alpha value is -4.13. The minimum Gasteiger partial charge on any atom is -0.475 e. The van der Waals surface area contributed by atoms with Crippen LogP contribution in [0.2, 0.25) is 0 Å². The Balaban J connectivity index is 0.000000362. The van der Waals surface area contributed by atoms with Gasteiger partial charge in [0.1, 0.15) is 6.07 Å². The van der Waals surface area contributed by atoms with E-state index in [9.17, 15) is 36.4 Å². The van der Waals surface area contributed by atoms with E-state index in [4.69, 9.17) is 25.5 Å². The quantitative estimate of drug-likeness (QED) is 0.446. The van der Waals surface area contributed by atoms with Crippen LogP contribution in [0, 0.1) is 18.3 Å². The molecule has 0 radical (unpaired) electrons. The summed E-state index contributed by atoms with van der Waals surface area (Å²) in [4.78, 5) is 33.9. The van der Waals surface area contributed by atoms with Gasteiger partial charge < -0.3 is 25.8 Å². The normalized spacial score (nSPS) is 12.6. The van der Waals surface area contributed by atoms with Gasteiger partial charge in [-0.15, -0.1) is 0 Å². The van der Waals surface area contributed by atoms with Gasteiger partial charge in [0.15, 0.2) is 0 Å². The second kappa shape index (κ2) is 11.3. The number of amides is 1. The Morgan fingerprint density at radius 1 is 1.14 bits per heavy atom. The summed E-state index contributed by atoms with van der Waals surface area (Å²) >= 11 is 0. The average Bonchev–Trinajstić information content (AvgIpc) is 3.08. The molecule has 35 heavy (non-hydrogen) atoms. The molecule has 0 saturated carbocycles. The van der Waals surface area contributed by atoms with E-state index in [2.05, 4.69) is 16.4 Å². The summed E-state index contributed by atoms with van der Waals surface area (Å²) in [7, 11) is 0. The van der Waals surface area contributed by atoms with Gasteiger partial charge in [-0.1, -0.05) is 0 Å². The van der Waals surface area contributed by atoms with Gasteiger partial charge in [0.2, 0.25) is 0 Å². The molecule has 0 aromatic carbocycles. The number of nitriles is 1. The number of rotatable bonds is 2. The number of carboxylic acid groups (broad SMARTS) is 2. The van der Waals surface area contributed by atoms with Crippen LogP contribution < -0.4 is 11.1 Å². The number of alkyl halides is 6. The first-order chi connectivity index (χ1) is 16.0. The minimum absolute atomic E-state index is 0.322. The van der Waals surface area contributed by atoms with Crippen molar-refractivity contribution in [1.29, 1.82) is 5.26 Å². The lowest BCUT2D eigenvalue weighted by Gasteiger charge is -2.20. The van der Waals surface area contributed by atoms with Crippen LogP contribution in [0.1, 0.15) is 27.3 Å². The summed E-state index contributed by atoms with van der Waals surface area (Å²) in [6, 6.07) is 5.89. The number of carbonyl (C=O) groups excluding carboxylic acids is 1. The molecule has 0 bridgehead atoms. The van der Waals surface area contributed by atoms with Crippen molar-refractivity contribution in [2.24, 2.45) is 5.73 Å². The summed E-state index contributed by atoms with van der Waals surface area (Å²) < 4.78 is 65.5. The molecule has 0 spiro atoms. The summed E-state index contributed by atoms with van der Waals surface area (Å²) in [5.41, 5.74) is 9.38. The molecule has 0 fully saturated rings. The van der Waals surface area contributed by atoms with Crippen LogP contribution in [0.15, 0.2) is 18.3 Å². The Morgan fingerprint density at radius 3 is 2.06 bits per heavy atom. The number of pyridine rings is 1. The SMILES string of the molecule is Cc1ncccc1-c1c(C#N)c(C(N)=O)c2n1CCNC2.O=C(O)C(F)(F)F.O=C(O)C(F)(F)F. The number of halogens is 6. The van der Waals surface area contributed by atoms with Crippen LogP contribution in [0.3, 0.4) is 0 Å². The zero-order chi connectivity index (χ0) is 27.1. The topological polar surface area (TPSA) is 171 Å². The fourth-order valence-corrected chi connectivity index (χ4v) is 2.88. The molecule has 2 aromatic rings. The number of nitrogens with zero attached hydrogens (tertiary/aromatic N) is 3. The molecule has 5 N–H and O–H groups in total. The molecule has 3 heterocycles. The summed E-state index contributed by atoms with van der Waals surface area (Å²) in [6.07, 6.45) is -8.46. The highest BCUT2D eigenvalue weighted by atomic mass is 19.4. The monoisotopic (exact) mass is 509 g/mol. The lowest BCUT2D eigenvalue weighted by molar-refractivity contribution is -0.193. The number of nitrogens with two attached hydrogens (primary N) is 1. The van der Waals surface area contributed by atoms with Crippen molar-refractivity contribution in [3.63, 3.8) is 0 Å². The number of carboxylic acids is 2. The van der Waals surface area contributed by atoms with Crippen LogP contribution in [0.5, 0.6) is 0 Å². The number of primary amides is 1. The lowest BCUT2D eigenvalue weighted by atomic mass is 10.0. The molecule has 10 nitrogen and oxygen atoms in total. The van der Waals surface area contributed by atoms with Gasteiger partial charge in [-0.05, 0) is 19.1 Å². The number of fused-ring (bicyclic) bond motifs is 1. The van der Waals surface area contributed by atoms with Crippen molar-refractivity contribution in [3.05, 3.63) is 40.8 Å². The van der Waals surface area contributed by atoms with E-state index in [1.54, 1.807) is 6.20 Å². The fraction of sp³-hybridized carbons (Fsp3) is 0.316. The third-order valence-electron chi connectivity index (χ3n) is 4.28. The number of nitrogens with one attached hydrogen (secondary N) is 1. The third-order valence-corrected chi connectivity index (χ3v) is 4.28. The zero-order valence-electron chi connectivity index (χ0n) is 17.7.